The van der Waals surface area contributed by atoms with E-state index in [-0.39, 0.29) is 12.2 Å². The molecule has 3 aliphatic heterocycles. The van der Waals surface area contributed by atoms with Gasteiger partial charge in [-0.15, -0.1) is 0 Å². The van der Waals surface area contributed by atoms with Gasteiger partial charge in [0.1, 0.15) is 0 Å². The minimum atomic E-state index is 0.228. The lowest BCUT2D eigenvalue weighted by Gasteiger charge is -2.41. The number of ether oxygens (including phenoxy) is 1. The van der Waals surface area contributed by atoms with E-state index in [4.69, 9.17) is 4.74 Å². The predicted octanol–water partition coefficient (Wildman–Crippen LogP) is 5.18. The molecule has 0 amide bonds. The summed E-state index contributed by atoms with van der Waals surface area (Å²) in [4.78, 5) is 9.72. The molecule has 4 heterocycles. The Kier molecular flexibility index (Phi) is 7.22. The number of hydrogen-bond donors (Lipinski definition) is 1. The van der Waals surface area contributed by atoms with E-state index in [1.165, 1.54) is 36.8 Å². The van der Waals surface area contributed by atoms with Crippen LogP contribution in [0, 0.1) is 0 Å². The molecular weight excluding hydrogens is 444 g/mol. The normalized spacial score (nSPS) is 24.9. The number of fused-ring (bicyclic) bond motifs is 1. The van der Waals surface area contributed by atoms with Crippen LogP contribution in [-0.2, 0) is 4.74 Å². The second-order valence-corrected chi connectivity index (χ2v) is 11.1. The minimum Gasteiger partial charge on any atom is -0.370 e. The molecule has 0 saturated carbocycles. The van der Waals surface area contributed by atoms with Gasteiger partial charge in [-0.05, 0) is 106 Å². The van der Waals surface area contributed by atoms with Crippen molar-refractivity contribution in [1.29, 1.82) is 0 Å². The lowest BCUT2D eigenvalue weighted by Crippen LogP contribution is -2.51. The van der Waals surface area contributed by atoms with E-state index in [0.29, 0.717) is 5.92 Å². The summed E-state index contributed by atoms with van der Waals surface area (Å²) in [5, 5.41) is 4.74. The quantitative estimate of drug-likeness (QED) is 0.541. The van der Waals surface area contributed by atoms with Crippen molar-refractivity contribution in [2.75, 3.05) is 50.7 Å². The van der Waals surface area contributed by atoms with Gasteiger partial charge in [0.25, 0.3) is 0 Å². The van der Waals surface area contributed by atoms with E-state index in [0.717, 1.165) is 57.2 Å². The van der Waals surface area contributed by atoms with Gasteiger partial charge in [0, 0.05) is 36.9 Å². The fourth-order valence-electron chi connectivity index (χ4n) is 6.66. The molecule has 5 heteroatoms. The molecule has 0 aliphatic carbocycles. The third-order valence-corrected chi connectivity index (χ3v) is 8.53. The van der Waals surface area contributed by atoms with Crippen LogP contribution in [0.4, 0.5) is 5.69 Å². The number of benzene rings is 2. The maximum absolute atomic E-state index is 6.44. The maximum atomic E-state index is 6.44. The summed E-state index contributed by atoms with van der Waals surface area (Å²) in [6, 6.07) is 20.3. The zero-order valence-corrected chi connectivity index (χ0v) is 21.6. The average Bonchev–Trinajstić information content (AvgIpc) is 2.93. The fourth-order valence-corrected chi connectivity index (χ4v) is 6.66. The molecule has 36 heavy (non-hydrogen) atoms. The third kappa shape index (κ3) is 5.29. The number of rotatable bonds is 5. The molecule has 3 aromatic rings. The van der Waals surface area contributed by atoms with Gasteiger partial charge in [0.2, 0.25) is 0 Å². The molecule has 3 aliphatic rings. The minimum absolute atomic E-state index is 0.228. The van der Waals surface area contributed by atoms with Gasteiger partial charge in [0.05, 0.1) is 17.7 Å². The summed E-state index contributed by atoms with van der Waals surface area (Å²) in [7, 11) is 0. The van der Waals surface area contributed by atoms with Crippen LogP contribution >= 0.6 is 0 Å². The first kappa shape index (κ1) is 23.9. The molecule has 2 aromatic carbocycles. The van der Waals surface area contributed by atoms with Crippen molar-refractivity contribution in [3.63, 3.8) is 0 Å². The second-order valence-electron chi connectivity index (χ2n) is 11.1. The molecule has 190 valence electrons. The molecule has 6 rings (SSSR count). The van der Waals surface area contributed by atoms with Gasteiger partial charge < -0.3 is 19.9 Å². The van der Waals surface area contributed by atoms with E-state index >= 15 is 0 Å². The first-order valence-electron chi connectivity index (χ1n) is 14.0. The van der Waals surface area contributed by atoms with Crippen LogP contribution in [0.2, 0.25) is 0 Å². The zero-order valence-electron chi connectivity index (χ0n) is 21.6. The zero-order chi connectivity index (χ0) is 24.3. The molecule has 1 N–H and O–H groups in total. The highest BCUT2D eigenvalue weighted by molar-refractivity contribution is 5.91. The van der Waals surface area contributed by atoms with E-state index < -0.39 is 0 Å². The summed E-state index contributed by atoms with van der Waals surface area (Å²) in [6.07, 6.45) is 7.38. The van der Waals surface area contributed by atoms with Gasteiger partial charge in [0.15, 0.2) is 0 Å². The van der Waals surface area contributed by atoms with Crippen molar-refractivity contribution in [1.82, 2.24) is 15.2 Å². The molecule has 1 aromatic heterocycles. The van der Waals surface area contributed by atoms with Crippen LogP contribution in [-0.4, -0.2) is 67.9 Å². The highest BCUT2D eigenvalue weighted by Crippen LogP contribution is 2.33. The molecule has 0 radical (unpaired) electrons. The van der Waals surface area contributed by atoms with Crippen molar-refractivity contribution in [3.05, 3.63) is 71.9 Å². The van der Waals surface area contributed by atoms with Crippen LogP contribution in [0.5, 0.6) is 0 Å². The Bertz CT molecular complexity index is 1150. The van der Waals surface area contributed by atoms with Crippen molar-refractivity contribution in [2.45, 2.75) is 56.7 Å². The number of nitrogens with one attached hydrogen (secondary N) is 1. The van der Waals surface area contributed by atoms with E-state index in [1.807, 2.05) is 12.3 Å². The van der Waals surface area contributed by atoms with E-state index in [9.17, 15) is 0 Å². The molecule has 0 bridgehead atoms. The van der Waals surface area contributed by atoms with Crippen LogP contribution in [0.15, 0.2) is 60.8 Å². The lowest BCUT2D eigenvalue weighted by atomic mass is 9.84. The van der Waals surface area contributed by atoms with Gasteiger partial charge >= 0.3 is 0 Å². The molecule has 0 unspecified atom stereocenters. The second kappa shape index (κ2) is 10.9. The van der Waals surface area contributed by atoms with Crippen molar-refractivity contribution < 1.29 is 4.74 Å². The summed E-state index contributed by atoms with van der Waals surface area (Å²) in [5.41, 5.74) is 5.47. The number of aromatic nitrogens is 1. The molecule has 0 spiro atoms. The Morgan fingerprint density at radius 2 is 1.64 bits per heavy atom. The van der Waals surface area contributed by atoms with Crippen LogP contribution < -0.4 is 10.2 Å². The van der Waals surface area contributed by atoms with Crippen molar-refractivity contribution in [3.8, 4) is 0 Å². The number of nitrogens with zero attached hydrogens (tertiary/aromatic N) is 3. The molecule has 2 atom stereocenters. The first-order valence-corrected chi connectivity index (χ1v) is 14.0. The van der Waals surface area contributed by atoms with Crippen molar-refractivity contribution in [2.24, 2.45) is 0 Å². The number of pyridine rings is 1. The molecule has 3 fully saturated rings. The number of piperidine rings is 2. The van der Waals surface area contributed by atoms with Gasteiger partial charge in [-0.2, -0.15) is 0 Å². The number of likely N-dealkylation sites (tertiary alicyclic amines) is 1. The van der Waals surface area contributed by atoms with Gasteiger partial charge in [-0.25, -0.2) is 0 Å². The topological polar surface area (TPSA) is 40.6 Å². The van der Waals surface area contributed by atoms with Crippen LogP contribution in [0.3, 0.4) is 0 Å². The lowest BCUT2D eigenvalue weighted by molar-refractivity contribution is -0.0349. The van der Waals surface area contributed by atoms with Gasteiger partial charge in [-0.1, -0.05) is 30.3 Å². The highest BCUT2D eigenvalue weighted by Gasteiger charge is 2.30. The summed E-state index contributed by atoms with van der Waals surface area (Å²) in [6.45, 7) is 9.74. The molecule has 5 nitrogen and oxygen atoms in total. The van der Waals surface area contributed by atoms with Crippen molar-refractivity contribution >= 4 is 16.6 Å². The Hall–Kier alpha value is -2.47. The number of hydrogen-bond acceptors (Lipinski definition) is 5. The monoisotopic (exact) mass is 484 g/mol. The largest absolute Gasteiger partial charge is 0.370 e. The van der Waals surface area contributed by atoms with Gasteiger partial charge in [-0.3, -0.25) is 4.98 Å². The van der Waals surface area contributed by atoms with E-state index in [2.05, 4.69) is 75.6 Å². The highest BCUT2D eigenvalue weighted by atomic mass is 16.5. The standard InChI is InChI=1S/C31H40N4O/c1-23-20-35(31-9-3-8-30-29(31)7-4-14-33-30)22-28(36-23)21-34-17-12-25(13-18-34)27-6-2-5-26(19-27)24-10-15-32-16-11-24/h2-9,14,19,23-25,28,32H,10-13,15-18,20-22H2,1H3/t23-,28+/m1/s1. The smallest absolute Gasteiger partial charge is 0.0881 e. The van der Waals surface area contributed by atoms with Crippen LogP contribution in [0.25, 0.3) is 10.9 Å². The number of morpholine rings is 1. The first-order chi connectivity index (χ1) is 17.7. The Balaban J connectivity index is 1.07. The Morgan fingerprint density at radius 3 is 2.44 bits per heavy atom. The predicted molar refractivity (Wildman–Crippen MR) is 148 cm³/mol. The van der Waals surface area contributed by atoms with Crippen LogP contribution in [0.1, 0.15) is 55.6 Å². The summed E-state index contributed by atoms with van der Waals surface area (Å²) >= 11 is 0. The Morgan fingerprint density at radius 1 is 0.889 bits per heavy atom. The molecular formula is C31H40N4O. The summed E-state index contributed by atoms with van der Waals surface area (Å²) < 4.78 is 6.44. The Labute approximate surface area is 215 Å². The summed E-state index contributed by atoms with van der Waals surface area (Å²) in [5.74, 6) is 1.42. The maximum Gasteiger partial charge on any atom is 0.0881 e. The number of anilines is 1. The third-order valence-electron chi connectivity index (χ3n) is 8.53. The molecule has 3 saturated heterocycles. The fraction of sp³-hybridized carbons (Fsp3) is 0.516. The van der Waals surface area contributed by atoms with E-state index in [1.54, 1.807) is 11.1 Å². The SMILES string of the molecule is C[C@@H]1CN(c2cccc3ncccc23)C[C@H](CN2CCC(c3cccc(C4CCNCC4)c3)CC2)O1. The average molecular weight is 485 g/mol.